The van der Waals surface area contributed by atoms with Crippen LogP contribution in [-0.2, 0) is 0 Å². The van der Waals surface area contributed by atoms with Crippen molar-refractivity contribution in [3.63, 3.8) is 0 Å². The van der Waals surface area contributed by atoms with Gasteiger partial charge in [-0.2, -0.15) is 0 Å². The van der Waals surface area contributed by atoms with E-state index in [1.54, 1.807) is 0 Å². The van der Waals surface area contributed by atoms with E-state index in [4.69, 9.17) is 0 Å². The van der Waals surface area contributed by atoms with E-state index in [1.165, 1.54) is 35.6 Å². The van der Waals surface area contributed by atoms with E-state index in [9.17, 15) is 4.79 Å². The minimum absolute atomic E-state index is 0.171. The van der Waals surface area contributed by atoms with Gasteiger partial charge in [0.05, 0.1) is 6.04 Å². The minimum Gasteiger partial charge on any atom is -0.329 e. The lowest BCUT2D eigenvalue weighted by atomic mass is 9.92. The fourth-order valence-electron chi connectivity index (χ4n) is 4.52. The molecule has 0 N–H and O–H groups in total. The first-order chi connectivity index (χ1) is 11.2. The third-order valence-corrected chi connectivity index (χ3v) is 5.61. The van der Waals surface area contributed by atoms with Crippen molar-refractivity contribution in [1.29, 1.82) is 0 Å². The Labute approximate surface area is 137 Å². The SMILES string of the molecule is C=Cc1cc2c(c3ccccc13)C(C)N(C1CCCCC1)C2=O. The molecular formula is C21H23NO. The van der Waals surface area contributed by atoms with E-state index in [0.29, 0.717) is 6.04 Å². The maximum absolute atomic E-state index is 13.1. The number of hydrogen-bond acceptors (Lipinski definition) is 1. The molecule has 1 saturated carbocycles. The standard InChI is InChI=1S/C21H23NO/c1-3-15-13-19-20(18-12-8-7-11-17(15)18)14(2)22(21(19)23)16-9-5-4-6-10-16/h3,7-8,11-14,16H,1,4-6,9-10H2,2H3. The third kappa shape index (κ3) is 2.12. The van der Waals surface area contributed by atoms with Crippen LogP contribution in [0.4, 0.5) is 0 Å². The van der Waals surface area contributed by atoms with E-state index in [1.807, 2.05) is 12.1 Å². The molecule has 23 heavy (non-hydrogen) atoms. The van der Waals surface area contributed by atoms with Crippen molar-refractivity contribution in [2.45, 2.75) is 51.1 Å². The van der Waals surface area contributed by atoms with Crippen molar-refractivity contribution >= 4 is 22.8 Å². The number of nitrogens with zero attached hydrogens (tertiary/aromatic N) is 1. The molecule has 1 heterocycles. The maximum atomic E-state index is 13.1. The lowest BCUT2D eigenvalue weighted by molar-refractivity contribution is 0.0592. The molecule has 0 bridgehead atoms. The lowest BCUT2D eigenvalue weighted by Gasteiger charge is -2.34. The van der Waals surface area contributed by atoms with Crippen LogP contribution in [0.25, 0.3) is 16.8 Å². The molecule has 1 unspecified atom stereocenters. The first-order valence-corrected chi connectivity index (χ1v) is 8.73. The summed E-state index contributed by atoms with van der Waals surface area (Å²) >= 11 is 0. The number of amides is 1. The van der Waals surface area contributed by atoms with Crippen LogP contribution in [0.15, 0.2) is 36.9 Å². The molecule has 118 valence electrons. The van der Waals surface area contributed by atoms with Crippen molar-refractivity contribution in [2.24, 2.45) is 0 Å². The second-order valence-electron chi connectivity index (χ2n) is 6.86. The van der Waals surface area contributed by atoms with Crippen LogP contribution >= 0.6 is 0 Å². The van der Waals surface area contributed by atoms with Gasteiger partial charge in [0.15, 0.2) is 0 Å². The molecule has 2 aliphatic rings. The van der Waals surface area contributed by atoms with Gasteiger partial charge in [-0.15, -0.1) is 0 Å². The van der Waals surface area contributed by atoms with E-state index in [0.717, 1.165) is 24.0 Å². The topological polar surface area (TPSA) is 20.3 Å². The highest BCUT2D eigenvalue weighted by Gasteiger charge is 2.39. The van der Waals surface area contributed by atoms with Crippen molar-refractivity contribution in [1.82, 2.24) is 4.90 Å². The van der Waals surface area contributed by atoms with Crippen LogP contribution in [0.1, 0.15) is 66.6 Å². The Morgan fingerprint density at radius 1 is 1.13 bits per heavy atom. The lowest BCUT2D eigenvalue weighted by Crippen LogP contribution is -2.38. The molecule has 0 aromatic heterocycles. The zero-order valence-electron chi connectivity index (χ0n) is 13.7. The first-order valence-electron chi connectivity index (χ1n) is 8.73. The van der Waals surface area contributed by atoms with E-state index in [-0.39, 0.29) is 11.9 Å². The van der Waals surface area contributed by atoms with Gasteiger partial charge >= 0.3 is 0 Å². The highest BCUT2D eigenvalue weighted by Crippen LogP contribution is 2.43. The largest absolute Gasteiger partial charge is 0.329 e. The second-order valence-corrected chi connectivity index (χ2v) is 6.86. The summed E-state index contributed by atoms with van der Waals surface area (Å²) < 4.78 is 0. The van der Waals surface area contributed by atoms with Crippen LogP contribution in [0.3, 0.4) is 0 Å². The summed E-state index contributed by atoms with van der Waals surface area (Å²) in [6, 6.07) is 11.0. The number of benzene rings is 2. The molecule has 1 aliphatic heterocycles. The predicted molar refractivity (Wildman–Crippen MR) is 95.5 cm³/mol. The summed E-state index contributed by atoms with van der Waals surface area (Å²) in [5.41, 5.74) is 3.16. The van der Waals surface area contributed by atoms with Crippen LogP contribution in [0.5, 0.6) is 0 Å². The van der Waals surface area contributed by atoms with Crippen LogP contribution in [0.2, 0.25) is 0 Å². The normalized spacial score (nSPS) is 21.7. The number of rotatable bonds is 2. The highest BCUT2D eigenvalue weighted by atomic mass is 16.2. The van der Waals surface area contributed by atoms with Gasteiger partial charge in [0.25, 0.3) is 5.91 Å². The molecule has 1 aliphatic carbocycles. The van der Waals surface area contributed by atoms with Crippen LogP contribution in [0, 0.1) is 0 Å². The number of carbonyl (C=O) groups is 1. The molecule has 2 nitrogen and oxygen atoms in total. The number of hydrogen-bond donors (Lipinski definition) is 0. The van der Waals surface area contributed by atoms with Gasteiger partial charge in [0.2, 0.25) is 0 Å². The van der Waals surface area contributed by atoms with Gasteiger partial charge in [0, 0.05) is 11.6 Å². The molecule has 1 atom stereocenters. The average Bonchev–Trinajstić information content (AvgIpc) is 2.85. The summed E-state index contributed by atoms with van der Waals surface area (Å²) in [6.07, 6.45) is 7.96. The van der Waals surface area contributed by atoms with E-state index >= 15 is 0 Å². The maximum Gasteiger partial charge on any atom is 0.255 e. The Hall–Kier alpha value is -2.09. The second kappa shape index (κ2) is 5.52. The fraction of sp³-hybridized carbons (Fsp3) is 0.381. The van der Waals surface area contributed by atoms with Gasteiger partial charge in [-0.25, -0.2) is 0 Å². The number of carbonyl (C=O) groups excluding carboxylic acids is 1. The van der Waals surface area contributed by atoms with Gasteiger partial charge < -0.3 is 4.90 Å². The minimum atomic E-state index is 0.171. The Bertz CT molecular complexity index is 786. The fourth-order valence-corrected chi connectivity index (χ4v) is 4.52. The Balaban J connectivity index is 1.88. The molecule has 2 aromatic rings. The van der Waals surface area contributed by atoms with Gasteiger partial charge in [-0.1, -0.05) is 56.2 Å². The van der Waals surface area contributed by atoms with Gasteiger partial charge in [0.1, 0.15) is 0 Å². The summed E-state index contributed by atoms with van der Waals surface area (Å²) in [5.74, 6) is 0.216. The average molecular weight is 305 g/mol. The van der Waals surface area contributed by atoms with Gasteiger partial charge in [-0.3, -0.25) is 4.79 Å². The van der Waals surface area contributed by atoms with Crippen LogP contribution < -0.4 is 0 Å². The van der Waals surface area contributed by atoms with Crippen molar-refractivity contribution in [2.75, 3.05) is 0 Å². The highest BCUT2D eigenvalue weighted by molar-refractivity contribution is 6.07. The zero-order chi connectivity index (χ0) is 16.0. The molecule has 4 rings (SSSR count). The molecular weight excluding hydrogens is 282 g/mol. The van der Waals surface area contributed by atoms with Crippen molar-refractivity contribution < 1.29 is 4.79 Å². The third-order valence-electron chi connectivity index (χ3n) is 5.61. The molecule has 0 spiro atoms. The smallest absolute Gasteiger partial charge is 0.255 e. The molecule has 2 aromatic carbocycles. The quantitative estimate of drug-likeness (QED) is 0.734. The van der Waals surface area contributed by atoms with Crippen molar-refractivity contribution in [3.05, 3.63) is 53.6 Å². The summed E-state index contributed by atoms with van der Waals surface area (Å²) in [4.78, 5) is 15.3. The molecule has 0 saturated heterocycles. The van der Waals surface area contributed by atoms with Crippen molar-refractivity contribution in [3.8, 4) is 0 Å². The number of fused-ring (bicyclic) bond motifs is 3. The molecule has 0 radical (unpaired) electrons. The zero-order valence-corrected chi connectivity index (χ0v) is 13.7. The van der Waals surface area contributed by atoms with Crippen LogP contribution in [-0.4, -0.2) is 16.8 Å². The van der Waals surface area contributed by atoms with E-state index in [2.05, 4.69) is 42.7 Å². The van der Waals surface area contributed by atoms with Gasteiger partial charge in [-0.05, 0) is 47.7 Å². The first kappa shape index (κ1) is 14.5. The summed E-state index contributed by atoms with van der Waals surface area (Å²) in [7, 11) is 0. The summed E-state index contributed by atoms with van der Waals surface area (Å²) in [5, 5.41) is 2.41. The Morgan fingerprint density at radius 2 is 1.83 bits per heavy atom. The summed E-state index contributed by atoms with van der Waals surface area (Å²) in [6.45, 7) is 6.13. The Morgan fingerprint density at radius 3 is 2.52 bits per heavy atom. The van der Waals surface area contributed by atoms with E-state index < -0.39 is 0 Å². The monoisotopic (exact) mass is 305 g/mol. The molecule has 2 heteroatoms. The predicted octanol–water partition coefficient (Wildman–Crippen LogP) is 5.33. The molecule has 1 amide bonds. The Kier molecular flexibility index (Phi) is 3.48. The molecule has 1 fully saturated rings.